The molecule has 2 heterocycles. The Hall–Kier alpha value is -3.80. The molecule has 10 heteroatoms. The van der Waals surface area contributed by atoms with Crippen LogP contribution < -0.4 is 16.3 Å². The third kappa shape index (κ3) is 6.01. The molecule has 2 N–H and O–H groups in total. The second kappa shape index (κ2) is 11.3. The number of likely N-dealkylation sites (N-methyl/N-ethyl adjacent to an activating group) is 1. The van der Waals surface area contributed by atoms with Gasteiger partial charge in [0.05, 0.1) is 16.5 Å². The van der Waals surface area contributed by atoms with Gasteiger partial charge in [-0.25, -0.2) is 4.79 Å². The minimum atomic E-state index is -1.09. The van der Waals surface area contributed by atoms with E-state index in [1.165, 1.54) is 0 Å². The van der Waals surface area contributed by atoms with E-state index in [-0.39, 0.29) is 23.2 Å². The molecule has 0 unspecified atom stereocenters. The maximum Gasteiger partial charge on any atom is 0.348 e. The van der Waals surface area contributed by atoms with E-state index in [2.05, 4.69) is 43.2 Å². The summed E-state index contributed by atoms with van der Waals surface area (Å²) >= 11 is 2.10. The van der Waals surface area contributed by atoms with Crippen LogP contribution >= 0.6 is 22.6 Å². The summed E-state index contributed by atoms with van der Waals surface area (Å²) in [6.07, 6.45) is 2.34. The number of carbonyl (C=O) groups excluding carboxylic acids is 2. The van der Waals surface area contributed by atoms with Crippen LogP contribution in [0.3, 0.4) is 0 Å². The molecule has 0 aliphatic carbocycles. The second-order valence-corrected chi connectivity index (χ2v) is 10.6. The molecule has 0 aliphatic rings. The highest BCUT2D eigenvalue weighted by molar-refractivity contribution is 14.1. The molecule has 0 spiro atoms. The Kier molecular flexibility index (Phi) is 8.10. The lowest BCUT2D eigenvalue weighted by atomic mass is 10.0. The average molecular weight is 625 g/mol. The van der Waals surface area contributed by atoms with Crippen molar-refractivity contribution in [2.24, 2.45) is 0 Å². The molecule has 0 atom stereocenters. The van der Waals surface area contributed by atoms with Gasteiger partial charge in [0.2, 0.25) is 5.91 Å². The highest BCUT2D eigenvalue weighted by Gasteiger charge is 2.32. The number of nitrogens with one attached hydrogen (secondary N) is 2. The maximum atomic E-state index is 13.1. The Labute approximate surface area is 233 Å². The van der Waals surface area contributed by atoms with E-state index < -0.39 is 11.2 Å². The van der Waals surface area contributed by atoms with E-state index in [1.54, 1.807) is 63.2 Å². The minimum absolute atomic E-state index is 0.0611. The largest absolute Gasteiger partial charge is 0.389 e. The molecule has 2 aromatic carbocycles. The molecule has 0 saturated heterocycles. The molecule has 38 heavy (non-hydrogen) atoms. The molecular weight excluding hydrogens is 597 g/mol. The van der Waals surface area contributed by atoms with Crippen LogP contribution in [-0.4, -0.2) is 45.8 Å². The van der Waals surface area contributed by atoms with Crippen molar-refractivity contribution >= 4 is 57.0 Å². The summed E-state index contributed by atoms with van der Waals surface area (Å²) < 4.78 is 6.27. The number of anilines is 2. The quantitative estimate of drug-likeness (QED) is 0.274. The highest BCUT2D eigenvalue weighted by atomic mass is 127. The number of hydrogen-bond donors (Lipinski definition) is 2. The number of benzene rings is 2. The number of rotatable bonds is 8. The first-order chi connectivity index (χ1) is 18.1. The van der Waals surface area contributed by atoms with Gasteiger partial charge < -0.3 is 20.0 Å². The fourth-order valence-corrected chi connectivity index (χ4v) is 4.70. The number of hydrogen-bond acceptors (Lipinski definition) is 7. The molecule has 4 rings (SSSR count). The number of aryl methyl sites for hydroxylation is 1. The summed E-state index contributed by atoms with van der Waals surface area (Å²) in [6.45, 7) is 5.61. The number of halogens is 1. The number of nitrogens with zero attached hydrogens (tertiary/aromatic N) is 3. The second-order valence-electron chi connectivity index (χ2n) is 9.42. The summed E-state index contributed by atoms with van der Waals surface area (Å²) in [5.74, 6) is -0.469. The van der Waals surface area contributed by atoms with Crippen LogP contribution in [0.5, 0.6) is 0 Å². The van der Waals surface area contributed by atoms with Gasteiger partial charge in [-0.15, -0.1) is 0 Å². The number of fused-ring (bicyclic) bond motifs is 1. The van der Waals surface area contributed by atoms with Crippen molar-refractivity contribution in [2.75, 3.05) is 24.2 Å². The SMILES string of the molecule is Cc1c(NC(=O)c2ccccc2I)ccc2nc(NC(C)(C)C(=O)N(C)CCc3ccccn3)oc(=O)c12. The van der Waals surface area contributed by atoms with Gasteiger partial charge in [0.1, 0.15) is 5.54 Å². The van der Waals surface area contributed by atoms with E-state index in [0.717, 1.165) is 9.26 Å². The van der Waals surface area contributed by atoms with Crippen molar-refractivity contribution in [2.45, 2.75) is 32.7 Å². The third-order valence-corrected chi connectivity index (χ3v) is 7.10. The van der Waals surface area contributed by atoms with Crippen molar-refractivity contribution in [3.63, 3.8) is 0 Å². The summed E-state index contributed by atoms with van der Waals surface area (Å²) in [5, 5.41) is 6.09. The molecular formula is C28H28IN5O4. The predicted octanol–water partition coefficient (Wildman–Crippen LogP) is 4.64. The molecule has 4 aromatic rings. The van der Waals surface area contributed by atoms with Crippen molar-refractivity contribution in [1.29, 1.82) is 0 Å². The first-order valence-corrected chi connectivity index (χ1v) is 13.1. The maximum absolute atomic E-state index is 13.1. The van der Waals surface area contributed by atoms with Crippen molar-refractivity contribution in [3.8, 4) is 0 Å². The van der Waals surface area contributed by atoms with Gasteiger partial charge in [0.25, 0.3) is 11.9 Å². The van der Waals surface area contributed by atoms with Crippen molar-refractivity contribution in [1.82, 2.24) is 14.9 Å². The van der Waals surface area contributed by atoms with Gasteiger partial charge in [-0.3, -0.25) is 14.6 Å². The molecule has 0 aliphatic heterocycles. The molecule has 2 amide bonds. The van der Waals surface area contributed by atoms with Crippen LogP contribution in [0, 0.1) is 10.5 Å². The van der Waals surface area contributed by atoms with Gasteiger partial charge in [0, 0.05) is 41.2 Å². The summed E-state index contributed by atoms with van der Waals surface area (Å²) in [4.78, 5) is 49.2. The lowest BCUT2D eigenvalue weighted by Gasteiger charge is -2.30. The fraction of sp³-hybridized carbons (Fsp3) is 0.250. The zero-order chi connectivity index (χ0) is 27.4. The lowest BCUT2D eigenvalue weighted by molar-refractivity contribution is -0.133. The Morgan fingerprint density at radius 3 is 2.53 bits per heavy atom. The standard InChI is InChI=1S/C28H28IN5O4/c1-17-21(31-24(35)19-10-5-6-11-20(19)29)12-13-22-23(17)25(36)38-27(32-22)33-28(2,3)26(37)34(4)16-14-18-9-7-8-15-30-18/h5-13,15H,14,16H2,1-4H3,(H,31,35)(H,32,33). The van der Waals surface area contributed by atoms with Gasteiger partial charge in [0.15, 0.2) is 0 Å². The zero-order valence-corrected chi connectivity index (χ0v) is 23.7. The molecule has 0 radical (unpaired) electrons. The average Bonchev–Trinajstić information content (AvgIpc) is 2.88. The molecule has 9 nitrogen and oxygen atoms in total. The summed E-state index contributed by atoms with van der Waals surface area (Å²) in [7, 11) is 1.72. The Morgan fingerprint density at radius 1 is 1.08 bits per heavy atom. The van der Waals surface area contributed by atoms with E-state index in [4.69, 9.17) is 4.42 Å². The predicted molar refractivity (Wildman–Crippen MR) is 155 cm³/mol. The zero-order valence-electron chi connectivity index (χ0n) is 21.5. The minimum Gasteiger partial charge on any atom is -0.389 e. The molecule has 0 fully saturated rings. The van der Waals surface area contributed by atoms with Crippen LogP contribution in [0.1, 0.15) is 35.5 Å². The Balaban J connectivity index is 1.51. The normalized spacial score (nSPS) is 11.3. The number of pyridine rings is 1. The number of amides is 2. The molecule has 0 bridgehead atoms. The third-order valence-electron chi connectivity index (χ3n) is 6.16. The van der Waals surface area contributed by atoms with E-state index in [1.807, 2.05) is 30.3 Å². The highest BCUT2D eigenvalue weighted by Crippen LogP contribution is 2.25. The smallest absolute Gasteiger partial charge is 0.348 e. The van der Waals surface area contributed by atoms with E-state index in [9.17, 15) is 14.4 Å². The van der Waals surface area contributed by atoms with Gasteiger partial charge in [-0.2, -0.15) is 4.98 Å². The van der Waals surface area contributed by atoms with Gasteiger partial charge in [-0.1, -0.05) is 18.2 Å². The fourth-order valence-electron chi connectivity index (χ4n) is 4.07. The van der Waals surface area contributed by atoms with Gasteiger partial charge in [-0.05, 0) is 85.3 Å². The Morgan fingerprint density at radius 2 is 1.82 bits per heavy atom. The van der Waals surface area contributed by atoms with Crippen molar-refractivity contribution < 1.29 is 14.0 Å². The summed E-state index contributed by atoms with van der Waals surface area (Å²) in [6, 6.07) is 16.2. The number of aromatic nitrogens is 2. The van der Waals surface area contributed by atoms with E-state index in [0.29, 0.717) is 35.3 Å². The monoisotopic (exact) mass is 625 g/mol. The topological polar surface area (TPSA) is 117 Å². The van der Waals surface area contributed by atoms with Gasteiger partial charge >= 0.3 is 5.63 Å². The first-order valence-electron chi connectivity index (χ1n) is 12.0. The first kappa shape index (κ1) is 27.2. The van der Waals surface area contributed by atoms with Crippen LogP contribution in [0.25, 0.3) is 10.9 Å². The van der Waals surface area contributed by atoms with Crippen LogP contribution in [0.15, 0.2) is 70.0 Å². The summed E-state index contributed by atoms with van der Waals surface area (Å²) in [5.41, 5.74) is 1.14. The van der Waals surface area contributed by atoms with Crippen molar-refractivity contribution in [3.05, 3.63) is 91.6 Å². The lowest BCUT2D eigenvalue weighted by Crippen LogP contribution is -2.49. The van der Waals surface area contributed by atoms with Crippen LogP contribution in [-0.2, 0) is 11.2 Å². The molecule has 0 saturated carbocycles. The number of carbonyl (C=O) groups is 2. The van der Waals surface area contributed by atoms with Crippen LogP contribution in [0.2, 0.25) is 0 Å². The molecule has 2 aromatic heterocycles. The van der Waals surface area contributed by atoms with E-state index >= 15 is 0 Å². The Bertz CT molecular complexity index is 1550. The van der Waals surface area contributed by atoms with Crippen LogP contribution in [0.4, 0.5) is 11.7 Å². The molecule has 196 valence electrons.